The van der Waals surface area contributed by atoms with E-state index in [-0.39, 0.29) is 12.1 Å². The van der Waals surface area contributed by atoms with Gasteiger partial charge in [-0.1, -0.05) is 59.7 Å². The number of hydrogen-bond acceptors (Lipinski definition) is 2. The molecule has 2 nitrogen and oxygen atoms in total. The average molecular weight is 293 g/mol. The smallest absolute Gasteiger partial charge is 0.136 e. The predicted octanol–water partition coefficient (Wildman–Crippen LogP) is 4.38. The molecule has 0 amide bonds. The maximum atomic E-state index is 12.3. The van der Waals surface area contributed by atoms with E-state index in [4.69, 9.17) is 0 Å². The molecule has 22 heavy (non-hydrogen) atoms. The minimum absolute atomic E-state index is 0.174. The largest absolute Gasteiger partial charge is 0.300 e. The van der Waals surface area contributed by atoms with Crippen molar-refractivity contribution in [1.82, 2.24) is 4.90 Å². The Morgan fingerprint density at radius 2 is 1.14 bits per heavy atom. The summed E-state index contributed by atoms with van der Waals surface area (Å²) in [7, 11) is 2.14. The summed E-state index contributed by atoms with van der Waals surface area (Å²) in [6.45, 7) is 4.18. The van der Waals surface area contributed by atoms with Crippen LogP contribution < -0.4 is 0 Å². The molecule has 0 bridgehead atoms. The van der Waals surface area contributed by atoms with Crippen molar-refractivity contribution in [3.63, 3.8) is 0 Å². The molecule has 2 unspecified atom stereocenters. The molecule has 3 rings (SSSR count). The summed E-state index contributed by atoms with van der Waals surface area (Å²) in [5, 5.41) is 0. The molecule has 0 aliphatic carbocycles. The summed E-state index contributed by atoms with van der Waals surface area (Å²) in [5.74, 6) is 0.356. The van der Waals surface area contributed by atoms with Crippen LogP contribution in [0.1, 0.15) is 47.2 Å². The van der Waals surface area contributed by atoms with E-state index in [1.807, 2.05) is 0 Å². The van der Waals surface area contributed by atoms with Crippen molar-refractivity contribution in [3.05, 3.63) is 70.8 Å². The zero-order chi connectivity index (χ0) is 15.7. The molecule has 0 spiro atoms. The zero-order valence-electron chi connectivity index (χ0n) is 13.5. The molecule has 2 atom stereocenters. The van der Waals surface area contributed by atoms with Gasteiger partial charge in [0.15, 0.2) is 0 Å². The highest BCUT2D eigenvalue weighted by molar-refractivity contribution is 5.81. The fourth-order valence-corrected chi connectivity index (χ4v) is 3.30. The Kier molecular flexibility index (Phi) is 4.12. The summed E-state index contributed by atoms with van der Waals surface area (Å²) in [6, 6.07) is 17.5. The van der Waals surface area contributed by atoms with E-state index in [9.17, 15) is 4.79 Å². The number of aryl methyl sites for hydroxylation is 2. The van der Waals surface area contributed by atoms with Gasteiger partial charge in [-0.3, -0.25) is 9.69 Å². The number of carbonyl (C=O) groups is 1. The number of benzene rings is 2. The Hall–Kier alpha value is -1.93. The van der Waals surface area contributed by atoms with Gasteiger partial charge in [0.25, 0.3) is 0 Å². The van der Waals surface area contributed by atoms with Gasteiger partial charge in [-0.05, 0) is 32.0 Å². The number of Topliss-reactive ketones (excluding diaryl/α,β-unsaturated/α-hetero) is 1. The van der Waals surface area contributed by atoms with Crippen LogP contribution in [0.3, 0.4) is 0 Å². The van der Waals surface area contributed by atoms with Crippen molar-refractivity contribution in [1.29, 1.82) is 0 Å². The van der Waals surface area contributed by atoms with Crippen LogP contribution in [0.2, 0.25) is 0 Å². The predicted molar refractivity (Wildman–Crippen MR) is 89.8 cm³/mol. The second-order valence-electron chi connectivity index (χ2n) is 6.47. The molecular weight excluding hydrogens is 270 g/mol. The van der Waals surface area contributed by atoms with E-state index in [1.165, 1.54) is 22.3 Å². The van der Waals surface area contributed by atoms with Crippen molar-refractivity contribution >= 4 is 5.78 Å². The average Bonchev–Trinajstić information content (AvgIpc) is 2.51. The van der Waals surface area contributed by atoms with Crippen molar-refractivity contribution in [2.45, 2.75) is 38.8 Å². The first-order valence-electron chi connectivity index (χ1n) is 7.91. The standard InChI is InChI=1S/C20H23NO/c1-14-4-8-16(9-5-14)19-12-18(22)13-20(21(19)3)17-10-6-15(2)7-11-17/h4-11,19-20H,12-13H2,1-3H3. The number of hydrogen-bond donors (Lipinski definition) is 0. The molecule has 1 heterocycles. The molecule has 0 N–H and O–H groups in total. The lowest BCUT2D eigenvalue weighted by molar-refractivity contribution is -0.125. The first-order chi connectivity index (χ1) is 10.5. The lowest BCUT2D eigenvalue weighted by atomic mass is 9.87. The monoisotopic (exact) mass is 293 g/mol. The van der Waals surface area contributed by atoms with Crippen LogP contribution in [0.15, 0.2) is 48.5 Å². The van der Waals surface area contributed by atoms with Gasteiger partial charge in [0.1, 0.15) is 5.78 Å². The third-order valence-corrected chi connectivity index (χ3v) is 4.75. The Balaban J connectivity index is 1.91. The summed E-state index contributed by atoms with van der Waals surface area (Å²) in [6.07, 6.45) is 1.23. The van der Waals surface area contributed by atoms with Crippen LogP contribution in [0.25, 0.3) is 0 Å². The molecule has 1 saturated heterocycles. The Labute approximate surface area is 132 Å². The van der Waals surface area contributed by atoms with E-state index in [2.05, 4.69) is 74.3 Å². The summed E-state index contributed by atoms with van der Waals surface area (Å²) in [4.78, 5) is 14.6. The third-order valence-electron chi connectivity index (χ3n) is 4.75. The highest BCUT2D eigenvalue weighted by Crippen LogP contribution is 2.38. The lowest BCUT2D eigenvalue weighted by Crippen LogP contribution is -2.37. The van der Waals surface area contributed by atoms with Gasteiger partial charge >= 0.3 is 0 Å². The van der Waals surface area contributed by atoms with Gasteiger partial charge in [-0.25, -0.2) is 0 Å². The van der Waals surface area contributed by atoms with E-state index in [1.54, 1.807) is 0 Å². The van der Waals surface area contributed by atoms with Gasteiger partial charge in [0.2, 0.25) is 0 Å². The first-order valence-corrected chi connectivity index (χ1v) is 7.91. The quantitative estimate of drug-likeness (QED) is 0.819. The SMILES string of the molecule is Cc1ccc(C2CC(=O)CC(c3ccc(C)cc3)N2C)cc1. The Morgan fingerprint density at radius 3 is 1.50 bits per heavy atom. The van der Waals surface area contributed by atoms with Gasteiger partial charge in [0.05, 0.1) is 0 Å². The number of carbonyl (C=O) groups excluding carboxylic acids is 1. The molecule has 0 aromatic heterocycles. The minimum Gasteiger partial charge on any atom is -0.300 e. The number of likely N-dealkylation sites (tertiary alicyclic amines) is 1. The van der Waals surface area contributed by atoms with Crippen LogP contribution in [0, 0.1) is 13.8 Å². The van der Waals surface area contributed by atoms with Gasteiger partial charge in [0, 0.05) is 24.9 Å². The number of ketones is 1. The van der Waals surface area contributed by atoms with Crippen LogP contribution in [-0.2, 0) is 4.79 Å². The topological polar surface area (TPSA) is 20.3 Å². The summed E-state index contributed by atoms with van der Waals surface area (Å²) < 4.78 is 0. The minimum atomic E-state index is 0.174. The molecule has 1 fully saturated rings. The first kappa shape index (κ1) is 15.0. The van der Waals surface area contributed by atoms with Crippen molar-refractivity contribution in [3.8, 4) is 0 Å². The van der Waals surface area contributed by atoms with E-state index >= 15 is 0 Å². The Morgan fingerprint density at radius 1 is 0.773 bits per heavy atom. The van der Waals surface area contributed by atoms with Crippen LogP contribution in [-0.4, -0.2) is 17.7 Å². The molecule has 114 valence electrons. The molecule has 1 aliphatic rings. The second-order valence-corrected chi connectivity index (χ2v) is 6.47. The molecule has 2 aromatic rings. The normalized spacial score (nSPS) is 22.8. The fraction of sp³-hybridized carbons (Fsp3) is 0.350. The summed E-state index contributed by atoms with van der Waals surface area (Å²) >= 11 is 0. The lowest BCUT2D eigenvalue weighted by Gasteiger charge is -2.39. The fourth-order valence-electron chi connectivity index (χ4n) is 3.30. The summed E-state index contributed by atoms with van der Waals surface area (Å²) in [5.41, 5.74) is 4.98. The van der Waals surface area contributed by atoms with Crippen molar-refractivity contribution in [2.24, 2.45) is 0 Å². The van der Waals surface area contributed by atoms with E-state index < -0.39 is 0 Å². The number of rotatable bonds is 2. The third kappa shape index (κ3) is 2.97. The molecule has 2 aromatic carbocycles. The molecule has 0 saturated carbocycles. The maximum absolute atomic E-state index is 12.3. The molecular formula is C20H23NO. The van der Waals surface area contributed by atoms with E-state index in [0.717, 1.165) is 0 Å². The van der Waals surface area contributed by atoms with Crippen LogP contribution in [0.5, 0.6) is 0 Å². The maximum Gasteiger partial charge on any atom is 0.136 e. The number of piperidine rings is 1. The van der Waals surface area contributed by atoms with Crippen LogP contribution in [0.4, 0.5) is 0 Å². The Bertz CT molecular complexity index is 600. The highest BCUT2D eigenvalue weighted by atomic mass is 16.1. The van der Waals surface area contributed by atoms with Gasteiger partial charge in [-0.15, -0.1) is 0 Å². The zero-order valence-corrected chi connectivity index (χ0v) is 13.5. The number of nitrogens with zero attached hydrogens (tertiary/aromatic N) is 1. The van der Waals surface area contributed by atoms with Crippen LogP contribution >= 0.6 is 0 Å². The highest BCUT2D eigenvalue weighted by Gasteiger charge is 2.33. The molecule has 2 heteroatoms. The van der Waals surface area contributed by atoms with Crippen molar-refractivity contribution < 1.29 is 4.79 Å². The van der Waals surface area contributed by atoms with Gasteiger partial charge < -0.3 is 0 Å². The van der Waals surface area contributed by atoms with E-state index in [0.29, 0.717) is 18.6 Å². The van der Waals surface area contributed by atoms with Crippen molar-refractivity contribution in [2.75, 3.05) is 7.05 Å². The second kappa shape index (κ2) is 6.05. The molecule has 0 radical (unpaired) electrons. The van der Waals surface area contributed by atoms with Gasteiger partial charge in [-0.2, -0.15) is 0 Å². The molecule has 1 aliphatic heterocycles.